The van der Waals surface area contributed by atoms with Crippen LogP contribution in [0.15, 0.2) is 12.1 Å². The minimum absolute atomic E-state index is 0. The van der Waals surface area contributed by atoms with E-state index in [0.717, 1.165) is 13.0 Å². The summed E-state index contributed by atoms with van der Waals surface area (Å²) >= 11 is 0. The lowest BCUT2D eigenvalue weighted by Gasteiger charge is -2.05. The fraction of sp³-hybridized carbons (Fsp3) is 0.545. The van der Waals surface area contributed by atoms with Crippen LogP contribution in [0.4, 0.5) is 5.82 Å². The van der Waals surface area contributed by atoms with Gasteiger partial charge < -0.3 is 20.7 Å². The van der Waals surface area contributed by atoms with Gasteiger partial charge in [0.2, 0.25) is 0 Å². The van der Waals surface area contributed by atoms with Crippen LogP contribution in [-0.2, 0) is 7.05 Å². The molecule has 8 heteroatoms. The van der Waals surface area contributed by atoms with Gasteiger partial charge >= 0.3 is 5.82 Å². The van der Waals surface area contributed by atoms with E-state index < -0.39 is 4.92 Å². The number of nitrogens with zero attached hydrogens (tertiary/aromatic N) is 2. The lowest BCUT2D eigenvalue weighted by molar-refractivity contribution is -0.391. The summed E-state index contributed by atoms with van der Waals surface area (Å²) in [7, 11) is 1.50. The van der Waals surface area contributed by atoms with Gasteiger partial charge in [0, 0.05) is 19.2 Å². The average Bonchev–Trinajstić information content (AvgIpc) is 2.70. The minimum Gasteiger partial charge on any atom is -0.358 e. The number of halogens is 1. The number of nitro groups is 1. The van der Waals surface area contributed by atoms with Crippen LogP contribution in [0.3, 0.4) is 0 Å². The van der Waals surface area contributed by atoms with E-state index >= 15 is 0 Å². The van der Waals surface area contributed by atoms with Crippen molar-refractivity contribution in [3.8, 4) is 0 Å². The van der Waals surface area contributed by atoms with Crippen molar-refractivity contribution in [3.05, 3.63) is 27.9 Å². The average molecular weight is 291 g/mol. The molecule has 1 aromatic heterocycles. The van der Waals surface area contributed by atoms with Crippen LogP contribution >= 0.6 is 12.4 Å². The number of aromatic nitrogens is 1. The van der Waals surface area contributed by atoms with Crippen molar-refractivity contribution in [1.82, 2.24) is 15.2 Å². The van der Waals surface area contributed by atoms with Crippen molar-refractivity contribution < 1.29 is 9.72 Å². The molecule has 0 fully saturated rings. The summed E-state index contributed by atoms with van der Waals surface area (Å²) in [5, 5.41) is 16.5. The monoisotopic (exact) mass is 290 g/mol. The smallest absolute Gasteiger partial charge is 0.323 e. The van der Waals surface area contributed by atoms with Gasteiger partial charge in [-0.25, -0.2) is 4.57 Å². The lowest BCUT2D eigenvalue weighted by Crippen LogP contribution is -2.33. The van der Waals surface area contributed by atoms with Crippen LogP contribution < -0.4 is 10.6 Å². The molecule has 108 valence electrons. The number of rotatable bonds is 7. The predicted octanol–water partition coefficient (Wildman–Crippen LogP) is 1.08. The molecule has 0 saturated carbocycles. The van der Waals surface area contributed by atoms with Gasteiger partial charge in [0.15, 0.2) is 5.69 Å². The molecule has 0 aliphatic heterocycles. The highest BCUT2D eigenvalue weighted by atomic mass is 35.5. The molecule has 2 N–H and O–H groups in total. The molecule has 0 aliphatic rings. The molecule has 19 heavy (non-hydrogen) atoms. The molecule has 0 saturated heterocycles. The highest BCUT2D eigenvalue weighted by Gasteiger charge is 2.19. The SMILES string of the molecule is CCCNCCNC(=O)c1ccc([N+](=O)[O-])n1C.Cl. The van der Waals surface area contributed by atoms with Gasteiger partial charge in [0.1, 0.15) is 0 Å². The van der Waals surface area contributed by atoms with Gasteiger partial charge in [0.25, 0.3) is 5.91 Å². The van der Waals surface area contributed by atoms with Crippen molar-refractivity contribution in [3.63, 3.8) is 0 Å². The second kappa shape index (κ2) is 8.49. The Bertz CT molecular complexity index is 434. The summed E-state index contributed by atoms with van der Waals surface area (Å²) in [5.41, 5.74) is 0.289. The normalized spacial score (nSPS) is 9.79. The van der Waals surface area contributed by atoms with E-state index in [1.54, 1.807) is 0 Å². The van der Waals surface area contributed by atoms with Crippen LogP contribution in [0.2, 0.25) is 0 Å². The molecule has 0 radical (unpaired) electrons. The number of carbonyl (C=O) groups excluding carboxylic acids is 1. The number of nitrogens with one attached hydrogen (secondary N) is 2. The molecule has 1 rings (SSSR count). The Morgan fingerprint density at radius 2 is 2.05 bits per heavy atom. The zero-order valence-corrected chi connectivity index (χ0v) is 11.8. The van der Waals surface area contributed by atoms with Crippen LogP contribution in [0.5, 0.6) is 0 Å². The van der Waals surface area contributed by atoms with Crippen LogP contribution in [0, 0.1) is 10.1 Å². The van der Waals surface area contributed by atoms with E-state index in [-0.39, 0.29) is 29.8 Å². The Balaban J connectivity index is 0.00000324. The standard InChI is InChI=1S/C11H18N4O3.ClH/c1-3-6-12-7-8-13-11(16)9-4-5-10(14(9)2)15(17)18;/h4-5,12H,3,6-8H2,1-2H3,(H,13,16);1H. The maximum absolute atomic E-state index is 11.8. The molecule has 0 bridgehead atoms. The fourth-order valence-corrected chi connectivity index (χ4v) is 1.57. The van der Waals surface area contributed by atoms with Gasteiger partial charge in [-0.15, -0.1) is 12.4 Å². The molecular formula is C11H19ClN4O3. The zero-order valence-electron chi connectivity index (χ0n) is 11.0. The van der Waals surface area contributed by atoms with Crippen molar-refractivity contribution in [2.24, 2.45) is 7.05 Å². The minimum atomic E-state index is -0.514. The van der Waals surface area contributed by atoms with Crippen molar-refractivity contribution in [2.75, 3.05) is 19.6 Å². The summed E-state index contributed by atoms with van der Waals surface area (Å²) in [4.78, 5) is 21.9. The first-order chi connectivity index (χ1) is 8.57. The molecule has 0 atom stereocenters. The fourth-order valence-electron chi connectivity index (χ4n) is 1.57. The number of hydrogen-bond donors (Lipinski definition) is 2. The maximum atomic E-state index is 11.8. The van der Waals surface area contributed by atoms with E-state index in [9.17, 15) is 14.9 Å². The van der Waals surface area contributed by atoms with Gasteiger partial charge in [0.05, 0.1) is 7.05 Å². The zero-order chi connectivity index (χ0) is 13.5. The van der Waals surface area contributed by atoms with Crippen LogP contribution in [0.1, 0.15) is 23.8 Å². The first-order valence-electron chi connectivity index (χ1n) is 5.87. The molecule has 1 amide bonds. The molecular weight excluding hydrogens is 272 g/mol. The van der Waals surface area contributed by atoms with Gasteiger partial charge in [-0.2, -0.15) is 0 Å². The van der Waals surface area contributed by atoms with E-state index in [4.69, 9.17) is 0 Å². The molecule has 0 aliphatic carbocycles. The molecule has 0 spiro atoms. The summed E-state index contributed by atoms with van der Waals surface area (Å²) in [6.07, 6.45) is 1.04. The molecule has 1 heterocycles. The van der Waals surface area contributed by atoms with Gasteiger partial charge in [-0.1, -0.05) is 6.92 Å². The van der Waals surface area contributed by atoms with Gasteiger partial charge in [-0.3, -0.25) is 4.79 Å². The Hall–Kier alpha value is -1.60. The Morgan fingerprint density at radius 1 is 1.37 bits per heavy atom. The topological polar surface area (TPSA) is 89.2 Å². The second-order valence-electron chi connectivity index (χ2n) is 3.90. The van der Waals surface area contributed by atoms with E-state index in [1.807, 2.05) is 0 Å². The third kappa shape index (κ3) is 4.88. The number of amides is 1. The first kappa shape index (κ1) is 17.4. The van der Waals surface area contributed by atoms with Gasteiger partial charge in [-0.05, 0) is 24.0 Å². The third-order valence-electron chi connectivity index (χ3n) is 2.53. The quantitative estimate of drug-likeness (QED) is 0.447. The number of carbonyl (C=O) groups is 1. The summed E-state index contributed by atoms with van der Waals surface area (Å²) in [6.45, 7) is 4.16. The summed E-state index contributed by atoms with van der Waals surface area (Å²) in [5.74, 6) is -0.395. The molecule has 0 aromatic carbocycles. The van der Waals surface area contributed by atoms with Crippen molar-refractivity contribution in [1.29, 1.82) is 0 Å². The highest BCUT2D eigenvalue weighted by molar-refractivity contribution is 5.93. The van der Waals surface area contributed by atoms with Crippen molar-refractivity contribution >= 4 is 24.1 Å². The van der Waals surface area contributed by atoms with Crippen LogP contribution in [-0.4, -0.2) is 35.0 Å². The molecule has 0 unspecified atom stereocenters. The largest absolute Gasteiger partial charge is 0.358 e. The van der Waals surface area contributed by atoms with Crippen LogP contribution in [0.25, 0.3) is 0 Å². The summed E-state index contributed by atoms with van der Waals surface area (Å²) in [6, 6.07) is 2.77. The third-order valence-corrected chi connectivity index (χ3v) is 2.53. The lowest BCUT2D eigenvalue weighted by atomic mass is 10.4. The van der Waals surface area contributed by atoms with Crippen molar-refractivity contribution in [2.45, 2.75) is 13.3 Å². The predicted molar refractivity (Wildman–Crippen MR) is 74.8 cm³/mol. The molecule has 7 nitrogen and oxygen atoms in total. The van der Waals surface area contributed by atoms with E-state index in [2.05, 4.69) is 17.6 Å². The van der Waals surface area contributed by atoms with E-state index in [1.165, 1.54) is 23.7 Å². The highest BCUT2D eigenvalue weighted by Crippen LogP contribution is 2.14. The van der Waals surface area contributed by atoms with E-state index in [0.29, 0.717) is 13.1 Å². The maximum Gasteiger partial charge on any atom is 0.323 e. The molecule has 1 aromatic rings. The Morgan fingerprint density at radius 3 is 2.58 bits per heavy atom. The Labute approximate surface area is 117 Å². The first-order valence-corrected chi connectivity index (χ1v) is 5.87. The second-order valence-corrected chi connectivity index (χ2v) is 3.90. The summed E-state index contributed by atoms with van der Waals surface area (Å²) < 4.78 is 1.27. The number of hydrogen-bond acceptors (Lipinski definition) is 4. The Kier molecular flexibility index (Phi) is 7.78.